The van der Waals surface area contributed by atoms with Crippen molar-refractivity contribution in [2.24, 2.45) is 0 Å². The van der Waals surface area contributed by atoms with E-state index in [0.29, 0.717) is 28.3 Å². The fourth-order valence-corrected chi connectivity index (χ4v) is 3.02. The van der Waals surface area contributed by atoms with Gasteiger partial charge in [-0.25, -0.2) is 9.37 Å². The predicted molar refractivity (Wildman–Crippen MR) is 104 cm³/mol. The Morgan fingerprint density at radius 1 is 1.07 bits per heavy atom. The maximum Gasteiger partial charge on any atom is 0.256 e. The summed E-state index contributed by atoms with van der Waals surface area (Å²) in [6.45, 7) is 2.07. The summed E-state index contributed by atoms with van der Waals surface area (Å²) in [7, 11) is 0. The number of fused-ring (bicyclic) bond motifs is 1. The number of aryl methyl sites for hydroxylation is 1. The van der Waals surface area contributed by atoms with Crippen LogP contribution in [0, 0.1) is 5.82 Å². The van der Waals surface area contributed by atoms with E-state index in [2.05, 4.69) is 17.2 Å². The largest absolute Gasteiger partial charge is 0.306 e. The Morgan fingerprint density at radius 2 is 1.89 bits per heavy atom. The van der Waals surface area contributed by atoms with Crippen LogP contribution in [0.25, 0.3) is 16.9 Å². The normalized spacial score (nSPS) is 10.9. The number of nitrogens with zero attached hydrogens (tertiary/aromatic N) is 2. The molecule has 0 aliphatic heterocycles. The van der Waals surface area contributed by atoms with Crippen LogP contribution < -0.4 is 5.32 Å². The van der Waals surface area contributed by atoms with E-state index in [1.807, 2.05) is 36.5 Å². The van der Waals surface area contributed by atoms with Crippen molar-refractivity contribution in [1.29, 1.82) is 0 Å². The summed E-state index contributed by atoms with van der Waals surface area (Å²) in [5, 5.41) is 2.94. The summed E-state index contributed by atoms with van der Waals surface area (Å²) in [5.74, 6) is -0.0706. The van der Waals surface area contributed by atoms with E-state index in [4.69, 9.17) is 0 Å². The fourth-order valence-electron chi connectivity index (χ4n) is 3.02. The van der Waals surface area contributed by atoms with Gasteiger partial charge in [-0.15, -0.1) is 0 Å². The van der Waals surface area contributed by atoms with Crippen molar-refractivity contribution < 1.29 is 9.18 Å². The van der Waals surface area contributed by atoms with Crippen LogP contribution in [0.4, 0.5) is 10.2 Å². The number of rotatable bonds is 4. The number of aromatic nitrogens is 2. The van der Waals surface area contributed by atoms with Gasteiger partial charge in [-0.3, -0.25) is 9.20 Å². The second-order valence-electron chi connectivity index (χ2n) is 6.25. The molecule has 0 aliphatic carbocycles. The number of anilines is 1. The Hall–Kier alpha value is -3.47. The monoisotopic (exact) mass is 359 g/mol. The van der Waals surface area contributed by atoms with E-state index < -0.39 is 0 Å². The number of nitrogens with one attached hydrogen (secondary N) is 1. The first-order chi connectivity index (χ1) is 13.2. The number of carbonyl (C=O) groups is 1. The lowest BCUT2D eigenvalue weighted by atomic mass is 10.1. The summed E-state index contributed by atoms with van der Waals surface area (Å²) < 4.78 is 15.5. The van der Waals surface area contributed by atoms with E-state index in [9.17, 15) is 9.18 Å². The minimum absolute atomic E-state index is 0.235. The molecular formula is C22H18FN3O. The number of carbonyl (C=O) groups excluding carboxylic acids is 1. The minimum Gasteiger partial charge on any atom is -0.306 e. The highest BCUT2D eigenvalue weighted by molar-refractivity contribution is 6.05. The van der Waals surface area contributed by atoms with Crippen LogP contribution >= 0.6 is 0 Å². The second-order valence-corrected chi connectivity index (χ2v) is 6.25. The Balaban J connectivity index is 1.77. The fraction of sp³-hybridized carbons (Fsp3) is 0.0909. The highest BCUT2D eigenvalue weighted by Gasteiger charge is 2.17. The third-order valence-corrected chi connectivity index (χ3v) is 4.48. The van der Waals surface area contributed by atoms with Gasteiger partial charge in [0, 0.05) is 17.3 Å². The predicted octanol–water partition coefficient (Wildman–Crippen LogP) is 4.96. The molecular weight excluding hydrogens is 341 g/mol. The lowest BCUT2D eigenvalue weighted by Gasteiger charge is -2.08. The van der Waals surface area contributed by atoms with Gasteiger partial charge in [0.1, 0.15) is 23.0 Å². The smallest absolute Gasteiger partial charge is 0.256 e. The minimum atomic E-state index is -0.350. The molecule has 2 heterocycles. The number of imidazole rings is 1. The molecule has 2 aromatic heterocycles. The summed E-state index contributed by atoms with van der Waals surface area (Å²) in [6, 6.07) is 19.3. The molecule has 0 saturated heterocycles. The highest BCUT2D eigenvalue weighted by Crippen LogP contribution is 2.29. The Labute approximate surface area is 156 Å². The third kappa shape index (κ3) is 3.31. The molecule has 4 rings (SSSR count). The van der Waals surface area contributed by atoms with Crippen LogP contribution in [-0.2, 0) is 6.42 Å². The summed E-state index contributed by atoms with van der Waals surface area (Å²) in [6.07, 6.45) is 2.74. The van der Waals surface area contributed by atoms with Gasteiger partial charge in [0.05, 0.1) is 0 Å². The van der Waals surface area contributed by atoms with E-state index in [-0.39, 0.29) is 11.7 Å². The zero-order chi connectivity index (χ0) is 18.8. The first-order valence-electron chi connectivity index (χ1n) is 8.79. The van der Waals surface area contributed by atoms with E-state index >= 15 is 0 Å². The van der Waals surface area contributed by atoms with Crippen molar-refractivity contribution in [3.63, 3.8) is 0 Å². The van der Waals surface area contributed by atoms with E-state index in [0.717, 1.165) is 6.42 Å². The van der Waals surface area contributed by atoms with Crippen molar-refractivity contribution in [2.45, 2.75) is 13.3 Å². The Bertz CT molecular complexity index is 1120. The Kier molecular flexibility index (Phi) is 4.42. The van der Waals surface area contributed by atoms with Gasteiger partial charge in [-0.2, -0.15) is 0 Å². The average molecular weight is 359 g/mol. The van der Waals surface area contributed by atoms with Crippen LogP contribution in [-0.4, -0.2) is 15.3 Å². The lowest BCUT2D eigenvalue weighted by Crippen LogP contribution is -2.14. The lowest BCUT2D eigenvalue weighted by molar-refractivity contribution is 0.102. The Morgan fingerprint density at radius 3 is 2.63 bits per heavy atom. The number of halogens is 1. The van der Waals surface area contributed by atoms with Gasteiger partial charge in [0.2, 0.25) is 0 Å². The van der Waals surface area contributed by atoms with Crippen LogP contribution in [0.15, 0.2) is 72.9 Å². The SMILES string of the molecule is CCc1ccc(C(=O)Nc2c(-c3cccc(F)c3)nc3ccccn23)cc1. The average Bonchev–Trinajstić information content (AvgIpc) is 3.06. The molecule has 1 N–H and O–H groups in total. The van der Waals surface area contributed by atoms with E-state index in [1.54, 1.807) is 28.7 Å². The van der Waals surface area contributed by atoms with E-state index in [1.165, 1.54) is 17.7 Å². The first kappa shape index (κ1) is 17.0. The van der Waals surface area contributed by atoms with Gasteiger partial charge >= 0.3 is 0 Å². The number of benzene rings is 2. The third-order valence-electron chi connectivity index (χ3n) is 4.48. The van der Waals surface area contributed by atoms with Crippen LogP contribution in [0.1, 0.15) is 22.8 Å². The van der Waals surface area contributed by atoms with Crippen LogP contribution in [0.3, 0.4) is 0 Å². The molecule has 2 aromatic carbocycles. The summed E-state index contributed by atoms with van der Waals surface area (Å²) >= 11 is 0. The van der Waals surface area contributed by atoms with Gasteiger partial charge in [-0.1, -0.05) is 37.3 Å². The van der Waals surface area contributed by atoms with Crippen molar-refractivity contribution >= 4 is 17.4 Å². The van der Waals surface area contributed by atoms with Crippen LogP contribution in [0.2, 0.25) is 0 Å². The van der Waals surface area contributed by atoms with Gasteiger partial charge in [0.15, 0.2) is 0 Å². The number of hydrogen-bond donors (Lipinski definition) is 1. The molecule has 0 saturated carbocycles. The molecule has 0 radical (unpaired) electrons. The number of hydrogen-bond acceptors (Lipinski definition) is 2. The molecule has 27 heavy (non-hydrogen) atoms. The van der Waals surface area contributed by atoms with Crippen molar-refractivity contribution in [1.82, 2.24) is 9.38 Å². The van der Waals surface area contributed by atoms with Crippen molar-refractivity contribution in [2.75, 3.05) is 5.32 Å². The van der Waals surface area contributed by atoms with Gasteiger partial charge < -0.3 is 5.32 Å². The molecule has 4 nitrogen and oxygen atoms in total. The molecule has 0 unspecified atom stereocenters. The highest BCUT2D eigenvalue weighted by atomic mass is 19.1. The topological polar surface area (TPSA) is 46.4 Å². The maximum atomic E-state index is 13.7. The zero-order valence-corrected chi connectivity index (χ0v) is 14.8. The second kappa shape index (κ2) is 7.03. The molecule has 0 atom stereocenters. The quantitative estimate of drug-likeness (QED) is 0.560. The van der Waals surface area contributed by atoms with Crippen LogP contribution in [0.5, 0.6) is 0 Å². The van der Waals surface area contributed by atoms with Crippen molar-refractivity contribution in [3.05, 3.63) is 89.9 Å². The molecule has 0 spiro atoms. The van der Waals surface area contributed by atoms with Crippen molar-refractivity contribution in [3.8, 4) is 11.3 Å². The van der Waals surface area contributed by atoms with Gasteiger partial charge in [0.25, 0.3) is 5.91 Å². The maximum absolute atomic E-state index is 13.7. The first-order valence-corrected chi connectivity index (χ1v) is 8.79. The summed E-state index contributed by atoms with van der Waals surface area (Å²) in [4.78, 5) is 17.4. The molecule has 4 aromatic rings. The molecule has 0 fully saturated rings. The standard InChI is InChI=1S/C22H18FN3O/c1-2-15-9-11-16(12-10-15)22(27)25-21-20(17-6-5-7-18(23)14-17)24-19-8-3-4-13-26(19)21/h3-14H,2H2,1H3,(H,25,27). The number of pyridine rings is 1. The molecule has 134 valence electrons. The molecule has 0 bridgehead atoms. The molecule has 0 aliphatic rings. The van der Waals surface area contributed by atoms with Gasteiger partial charge in [-0.05, 0) is 48.4 Å². The number of amides is 1. The molecule has 5 heteroatoms. The molecule has 1 amide bonds. The summed E-state index contributed by atoms with van der Waals surface area (Å²) in [5.41, 5.74) is 3.54. The zero-order valence-electron chi connectivity index (χ0n) is 14.8.